The molecule has 0 fully saturated rings. The van der Waals surface area contributed by atoms with Gasteiger partial charge in [-0.05, 0) is 54.5 Å². The van der Waals surface area contributed by atoms with Crippen LogP contribution in [0.4, 0.5) is 0 Å². The van der Waals surface area contributed by atoms with Crippen LogP contribution in [0.15, 0.2) is 54.1 Å². The standard InChI is InChI=1S/C20H25N/c1-15-10-16(2)12-17(11-15)13-21-14-19-8-5-7-18-6-3-4-9-20(18)19/h3-10,15,17,21H,11-14H2,1-2H3. The summed E-state index contributed by atoms with van der Waals surface area (Å²) >= 11 is 0. The summed E-state index contributed by atoms with van der Waals surface area (Å²) in [5, 5.41) is 6.39. The minimum absolute atomic E-state index is 0.739. The van der Waals surface area contributed by atoms with Crippen LogP contribution in [0.2, 0.25) is 0 Å². The van der Waals surface area contributed by atoms with Gasteiger partial charge in [-0.1, -0.05) is 61.0 Å². The van der Waals surface area contributed by atoms with Gasteiger partial charge in [0.2, 0.25) is 0 Å². The van der Waals surface area contributed by atoms with Crippen LogP contribution in [0.5, 0.6) is 0 Å². The normalized spacial score (nSPS) is 22.3. The fraction of sp³-hybridized carbons (Fsp3) is 0.400. The molecule has 0 aromatic heterocycles. The number of fused-ring (bicyclic) bond motifs is 1. The molecule has 1 aliphatic carbocycles. The summed E-state index contributed by atoms with van der Waals surface area (Å²) in [5.41, 5.74) is 2.97. The van der Waals surface area contributed by atoms with E-state index in [2.05, 4.69) is 67.7 Å². The third kappa shape index (κ3) is 3.54. The molecule has 2 aromatic carbocycles. The van der Waals surface area contributed by atoms with Crippen molar-refractivity contribution in [2.24, 2.45) is 11.8 Å². The maximum Gasteiger partial charge on any atom is 0.0211 e. The summed E-state index contributed by atoms with van der Waals surface area (Å²) in [6.45, 7) is 6.70. The van der Waals surface area contributed by atoms with E-state index in [0.717, 1.165) is 24.9 Å². The number of benzene rings is 2. The highest BCUT2D eigenvalue weighted by Crippen LogP contribution is 2.27. The van der Waals surface area contributed by atoms with Crippen molar-refractivity contribution in [2.75, 3.05) is 6.54 Å². The van der Waals surface area contributed by atoms with Crippen molar-refractivity contribution in [3.05, 3.63) is 59.7 Å². The van der Waals surface area contributed by atoms with Gasteiger partial charge >= 0.3 is 0 Å². The maximum atomic E-state index is 3.68. The Bertz CT molecular complexity index is 636. The minimum Gasteiger partial charge on any atom is -0.312 e. The third-order valence-corrected chi connectivity index (χ3v) is 4.51. The molecule has 3 rings (SSSR count). The van der Waals surface area contributed by atoms with Crippen LogP contribution in [0.1, 0.15) is 32.3 Å². The predicted molar refractivity (Wildman–Crippen MR) is 91.3 cm³/mol. The zero-order valence-electron chi connectivity index (χ0n) is 13.1. The van der Waals surface area contributed by atoms with Crippen molar-refractivity contribution in [1.82, 2.24) is 5.32 Å². The molecular weight excluding hydrogens is 254 g/mol. The van der Waals surface area contributed by atoms with E-state index in [4.69, 9.17) is 0 Å². The van der Waals surface area contributed by atoms with Gasteiger partial charge in [-0.3, -0.25) is 0 Å². The van der Waals surface area contributed by atoms with E-state index in [1.54, 1.807) is 5.57 Å². The first-order valence-electron chi connectivity index (χ1n) is 8.07. The van der Waals surface area contributed by atoms with E-state index in [9.17, 15) is 0 Å². The van der Waals surface area contributed by atoms with Crippen molar-refractivity contribution < 1.29 is 0 Å². The van der Waals surface area contributed by atoms with E-state index in [0.29, 0.717) is 0 Å². The molecule has 0 aliphatic heterocycles. The summed E-state index contributed by atoms with van der Waals surface area (Å²) in [4.78, 5) is 0. The molecule has 0 amide bonds. The average Bonchev–Trinajstić information content (AvgIpc) is 2.46. The van der Waals surface area contributed by atoms with E-state index < -0.39 is 0 Å². The first kappa shape index (κ1) is 14.3. The predicted octanol–water partition coefficient (Wildman–Crippen LogP) is 4.92. The number of hydrogen-bond donors (Lipinski definition) is 1. The molecule has 0 radical (unpaired) electrons. The lowest BCUT2D eigenvalue weighted by Gasteiger charge is -2.25. The zero-order chi connectivity index (χ0) is 14.7. The topological polar surface area (TPSA) is 12.0 Å². The van der Waals surface area contributed by atoms with Crippen molar-refractivity contribution in [1.29, 1.82) is 0 Å². The van der Waals surface area contributed by atoms with Gasteiger partial charge in [0.05, 0.1) is 0 Å². The van der Waals surface area contributed by atoms with Gasteiger partial charge in [0.15, 0.2) is 0 Å². The highest BCUT2D eigenvalue weighted by Gasteiger charge is 2.17. The number of allylic oxidation sites excluding steroid dienone is 2. The second-order valence-electron chi connectivity index (χ2n) is 6.57. The molecule has 1 nitrogen and oxygen atoms in total. The van der Waals surface area contributed by atoms with Crippen LogP contribution < -0.4 is 5.32 Å². The third-order valence-electron chi connectivity index (χ3n) is 4.51. The Labute approximate surface area is 128 Å². The Hall–Kier alpha value is -1.60. The Kier molecular flexibility index (Phi) is 4.40. The van der Waals surface area contributed by atoms with Gasteiger partial charge < -0.3 is 5.32 Å². The zero-order valence-corrected chi connectivity index (χ0v) is 13.1. The lowest BCUT2D eigenvalue weighted by molar-refractivity contribution is 0.381. The van der Waals surface area contributed by atoms with Crippen LogP contribution in [0.25, 0.3) is 10.8 Å². The molecule has 1 aliphatic rings. The molecule has 110 valence electrons. The quantitative estimate of drug-likeness (QED) is 0.783. The Morgan fingerprint density at radius 3 is 2.76 bits per heavy atom. The highest BCUT2D eigenvalue weighted by atomic mass is 14.9. The Balaban J connectivity index is 1.61. The summed E-state index contributed by atoms with van der Waals surface area (Å²) in [6.07, 6.45) is 5.01. The van der Waals surface area contributed by atoms with Gasteiger partial charge in [0.1, 0.15) is 0 Å². The Morgan fingerprint density at radius 1 is 1.10 bits per heavy atom. The molecule has 1 N–H and O–H groups in total. The van der Waals surface area contributed by atoms with Gasteiger partial charge in [-0.2, -0.15) is 0 Å². The molecule has 0 heterocycles. The van der Waals surface area contributed by atoms with Crippen molar-refractivity contribution in [3.63, 3.8) is 0 Å². The molecule has 0 bridgehead atoms. The largest absolute Gasteiger partial charge is 0.312 e. The summed E-state index contributed by atoms with van der Waals surface area (Å²) in [6, 6.07) is 15.2. The van der Waals surface area contributed by atoms with Crippen LogP contribution in [-0.2, 0) is 6.54 Å². The molecule has 2 aromatic rings. The number of nitrogens with one attached hydrogen (secondary N) is 1. The molecule has 0 saturated heterocycles. The fourth-order valence-corrected chi connectivity index (χ4v) is 3.70. The molecule has 0 saturated carbocycles. The first-order valence-corrected chi connectivity index (χ1v) is 8.07. The average molecular weight is 279 g/mol. The molecule has 1 heteroatoms. The van der Waals surface area contributed by atoms with Crippen molar-refractivity contribution >= 4 is 10.8 Å². The maximum absolute atomic E-state index is 3.68. The SMILES string of the molecule is CC1=CC(C)CC(CNCc2cccc3ccccc23)C1. The van der Waals surface area contributed by atoms with Crippen molar-refractivity contribution in [2.45, 2.75) is 33.2 Å². The van der Waals surface area contributed by atoms with Gasteiger partial charge in [-0.25, -0.2) is 0 Å². The summed E-state index contributed by atoms with van der Waals surface area (Å²) in [5.74, 6) is 1.53. The molecule has 2 atom stereocenters. The Morgan fingerprint density at radius 2 is 1.90 bits per heavy atom. The van der Waals surface area contributed by atoms with Crippen molar-refractivity contribution in [3.8, 4) is 0 Å². The molecule has 21 heavy (non-hydrogen) atoms. The van der Waals surface area contributed by atoms with E-state index in [1.807, 2.05) is 0 Å². The second kappa shape index (κ2) is 6.44. The second-order valence-corrected chi connectivity index (χ2v) is 6.57. The van der Waals surface area contributed by atoms with Crippen LogP contribution in [-0.4, -0.2) is 6.54 Å². The highest BCUT2D eigenvalue weighted by molar-refractivity contribution is 5.85. The lowest BCUT2D eigenvalue weighted by atomic mass is 9.84. The van der Waals surface area contributed by atoms with Gasteiger partial charge in [0.25, 0.3) is 0 Å². The van der Waals surface area contributed by atoms with E-state index in [1.165, 1.54) is 29.2 Å². The summed E-state index contributed by atoms with van der Waals surface area (Å²) in [7, 11) is 0. The van der Waals surface area contributed by atoms with Crippen LogP contribution in [0.3, 0.4) is 0 Å². The van der Waals surface area contributed by atoms with Crippen LogP contribution in [0, 0.1) is 11.8 Å². The molecule has 0 spiro atoms. The van der Waals surface area contributed by atoms with Crippen LogP contribution >= 0.6 is 0 Å². The first-order chi connectivity index (χ1) is 10.2. The lowest BCUT2D eigenvalue weighted by Crippen LogP contribution is -2.25. The smallest absolute Gasteiger partial charge is 0.0211 e. The van der Waals surface area contributed by atoms with Gasteiger partial charge in [-0.15, -0.1) is 0 Å². The monoisotopic (exact) mass is 279 g/mol. The van der Waals surface area contributed by atoms with E-state index >= 15 is 0 Å². The van der Waals surface area contributed by atoms with E-state index in [-0.39, 0.29) is 0 Å². The molecular formula is C20H25N. The van der Waals surface area contributed by atoms with Gasteiger partial charge in [0, 0.05) is 6.54 Å². The molecule has 2 unspecified atom stereocenters. The number of rotatable bonds is 4. The fourth-order valence-electron chi connectivity index (χ4n) is 3.70. The summed E-state index contributed by atoms with van der Waals surface area (Å²) < 4.78 is 0. The minimum atomic E-state index is 0.739. The number of hydrogen-bond acceptors (Lipinski definition) is 1.